The zero-order chi connectivity index (χ0) is 14.3. The van der Waals surface area contributed by atoms with Gasteiger partial charge in [-0.2, -0.15) is 0 Å². The Balaban J connectivity index is 2.05. The number of carbonyl (C=O) groups excluding carboxylic acids is 1. The first-order chi connectivity index (χ1) is 9.58. The number of ether oxygens (including phenoxy) is 1. The summed E-state index contributed by atoms with van der Waals surface area (Å²) in [4.78, 5) is 16.8. The second-order valence-electron chi connectivity index (χ2n) is 4.50. The van der Waals surface area contributed by atoms with Gasteiger partial charge in [-0.05, 0) is 17.7 Å². The number of hydrogen-bond acceptors (Lipinski definition) is 6. The first kappa shape index (κ1) is 12.7. The number of aromatic hydroxyl groups is 1. The Labute approximate surface area is 119 Å². The number of benzene rings is 1. The number of fused-ring (bicyclic) bond motifs is 1. The summed E-state index contributed by atoms with van der Waals surface area (Å²) in [6, 6.07) is 5.13. The number of methoxy groups -OCH3 is 1. The highest BCUT2D eigenvalue weighted by Gasteiger charge is 2.30. The predicted molar refractivity (Wildman–Crippen MR) is 76.3 cm³/mol. The van der Waals surface area contributed by atoms with Crippen LogP contribution < -0.4 is 15.8 Å². The predicted octanol–water partition coefficient (Wildman–Crippen LogP) is 1.91. The van der Waals surface area contributed by atoms with Crippen LogP contribution in [-0.4, -0.2) is 23.1 Å². The van der Waals surface area contributed by atoms with Crippen LogP contribution in [-0.2, 0) is 4.79 Å². The van der Waals surface area contributed by atoms with Crippen LogP contribution in [0.15, 0.2) is 18.2 Å². The Morgan fingerprint density at radius 1 is 1.55 bits per heavy atom. The SMILES string of the molecule is COc1ccc([C@H]2CC(=O)Nc3nc(N)sc32)cc1O. The van der Waals surface area contributed by atoms with Crippen LogP contribution in [0.5, 0.6) is 11.5 Å². The molecule has 1 aromatic heterocycles. The lowest BCUT2D eigenvalue weighted by atomic mass is 9.91. The summed E-state index contributed by atoms with van der Waals surface area (Å²) in [5.41, 5.74) is 6.54. The van der Waals surface area contributed by atoms with Crippen LogP contribution in [0.25, 0.3) is 0 Å². The van der Waals surface area contributed by atoms with E-state index in [2.05, 4.69) is 10.3 Å². The maximum atomic E-state index is 11.8. The van der Waals surface area contributed by atoms with Crippen LogP contribution >= 0.6 is 11.3 Å². The summed E-state index contributed by atoms with van der Waals surface area (Å²) in [7, 11) is 1.49. The van der Waals surface area contributed by atoms with Crippen molar-refractivity contribution in [1.29, 1.82) is 0 Å². The summed E-state index contributed by atoms with van der Waals surface area (Å²) in [6.07, 6.45) is 0.306. The number of nitrogens with two attached hydrogens (primary N) is 1. The van der Waals surface area contributed by atoms with Gasteiger partial charge in [0.2, 0.25) is 5.91 Å². The number of nitrogens with zero attached hydrogens (tertiary/aromatic N) is 1. The van der Waals surface area contributed by atoms with Gasteiger partial charge in [0.1, 0.15) is 5.82 Å². The van der Waals surface area contributed by atoms with E-state index in [0.717, 1.165) is 10.4 Å². The van der Waals surface area contributed by atoms with Crippen molar-refractivity contribution in [3.8, 4) is 11.5 Å². The lowest BCUT2D eigenvalue weighted by Crippen LogP contribution is -2.22. The van der Waals surface area contributed by atoms with Crippen molar-refractivity contribution in [3.63, 3.8) is 0 Å². The second-order valence-corrected chi connectivity index (χ2v) is 5.56. The number of thiazole rings is 1. The molecule has 1 aliphatic heterocycles. The van der Waals surface area contributed by atoms with E-state index in [9.17, 15) is 9.90 Å². The standard InChI is InChI=1S/C13H13N3O3S/c1-19-9-3-2-6(4-8(9)17)7-5-10(18)15-12-11(7)20-13(14)16-12/h2-4,7,17H,5H2,1H3,(H2,14,16)(H,15,18)/t7-/m1/s1. The van der Waals surface area contributed by atoms with Gasteiger partial charge in [0, 0.05) is 12.3 Å². The molecule has 1 atom stereocenters. The van der Waals surface area contributed by atoms with Crippen molar-refractivity contribution in [2.45, 2.75) is 12.3 Å². The fraction of sp³-hybridized carbons (Fsp3) is 0.231. The molecule has 3 rings (SSSR count). The van der Waals surface area contributed by atoms with Gasteiger partial charge in [0.15, 0.2) is 16.6 Å². The van der Waals surface area contributed by atoms with E-state index >= 15 is 0 Å². The number of phenolic OH excluding ortho intramolecular Hbond substituents is 1. The number of phenols is 1. The van der Waals surface area contributed by atoms with E-state index in [4.69, 9.17) is 10.5 Å². The highest BCUT2D eigenvalue weighted by atomic mass is 32.1. The number of hydrogen-bond donors (Lipinski definition) is 3. The molecular weight excluding hydrogens is 278 g/mol. The van der Waals surface area contributed by atoms with Gasteiger partial charge in [-0.3, -0.25) is 4.79 Å². The Hall–Kier alpha value is -2.28. The van der Waals surface area contributed by atoms with Gasteiger partial charge in [0.05, 0.1) is 12.0 Å². The van der Waals surface area contributed by atoms with E-state index in [1.807, 2.05) is 6.07 Å². The average molecular weight is 291 g/mol. The fourth-order valence-electron chi connectivity index (χ4n) is 2.33. The molecule has 4 N–H and O–H groups in total. The highest BCUT2D eigenvalue weighted by molar-refractivity contribution is 7.16. The molecule has 20 heavy (non-hydrogen) atoms. The maximum Gasteiger partial charge on any atom is 0.226 e. The molecule has 6 nitrogen and oxygen atoms in total. The minimum Gasteiger partial charge on any atom is -0.504 e. The number of rotatable bonds is 2. The van der Waals surface area contributed by atoms with Gasteiger partial charge in [0.25, 0.3) is 0 Å². The summed E-state index contributed by atoms with van der Waals surface area (Å²) < 4.78 is 5.02. The normalized spacial score (nSPS) is 17.4. The van der Waals surface area contributed by atoms with Gasteiger partial charge < -0.3 is 20.9 Å². The fourth-order valence-corrected chi connectivity index (χ4v) is 3.25. The molecule has 0 spiro atoms. The lowest BCUT2D eigenvalue weighted by molar-refractivity contribution is -0.116. The zero-order valence-electron chi connectivity index (χ0n) is 10.7. The molecule has 1 aromatic carbocycles. The number of carbonyl (C=O) groups is 1. The molecule has 1 aliphatic rings. The number of amides is 1. The van der Waals surface area contributed by atoms with Crippen molar-refractivity contribution >= 4 is 28.2 Å². The third kappa shape index (κ3) is 2.05. The van der Waals surface area contributed by atoms with Crippen LogP contribution in [0.2, 0.25) is 0 Å². The van der Waals surface area contributed by atoms with E-state index in [-0.39, 0.29) is 17.6 Å². The van der Waals surface area contributed by atoms with Crippen molar-refractivity contribution in [3.05, 3.63) is 28.6 Å². The summed E-state index contributed by atoms with van der Waals surface area (Å²) in [5, 5.41) is 13.0. The first-order valence-corrected chi connectivity index (χ1v) is 6.83. The maximum absolute atomic E-state index is 11.8. The first-order valence-electron chi connectivity index (χ1n) is 6.01. The van der Waals surface area contributed by atoms with Crippen molar-refractivity contribution in [2.24, 2.45) is 0 Å². The molecule has 2 heterocycles. The molecule has 0 radical (unpaired) electrons. The van der Waals surface area contributed by atoms with Crippen molar-refractivity contribution in [1.82, 2.24) is 4.98 Å². The van der Waals surface area contributed by atoms with Gasteiger partial charge in [-0.15, -0.1) is 0 Å². The Kier molecular flexibility index (Phi) is 2.98. The van der Waals surface area contributed by atoms with Gasteiger partial charge >= 0.3 is 0 Å². The zero-order valence-corrected chi connectivity index (χ0v) is 11.5. The Morgan fingerprint density at radius 3 is 3.05 bits per heavy atom. The number of nitrogen functional groups attached to an aromatic ring is 1. The van der Waals surface area contributed by atoms with Crippen LogP contribution in [0.3, 0.4) is 0 Å². The van der Waals surface area contributed by atoms with Crippen molar-refractivity contribution < 1.29 is 14.6 Å². The molecule has 2 aromatic rings. The second kappa shape index (κ2) is 4.68. The molecule has 104 valence electrons. The summed E-state index contributed by atoms with van der Waals surface area (Å²) in [5.74, 6) is 0.714. The topological polar surface area (TPSA) is 97.5 Å². The third-order valence-electron chi connectivity index (χ3n) is 3.24. The van der Waals surface area contributed by atoms with Crippen LogP contribution in [0, 0.1) is 0 Å². The molecule has 0 saturated carbocycles. The molecule has 0 bridgehead atoms. The molecule has 1 amide bonds. The number of aromatic nitrogens is 1. The molecular formula is C13H13N3O3S. The quantitative estimate of drug-likeness (QED) is 0.785. The van der Waals surface area contributed by atoms with Gasteiger partial charge in [-0.1, -0.05) is 17.4 Å². The van der Waals surface area contributed by atoms with Gasteiger partial charge in [-0.25, -0.2) is 4.98 Å². The van der Waals surface area contributed by atoms with E-state index in [1.54, 1.807) is 12.1 Å². The molecule has 0 fully saturated rings. The van der Waals surface area contributed by atoms with Crippen molar-refractivity contribution in [2.75, 3.05) is 18.2 Å². The Morgan fingerprint density at radius 2 is 2.35 bits per heavy atom. The largest absolute Gasteiger partial charge is 0.504 e. The smallest absolute Gasteiger partial charge is 0.226 e. The lowest BCUT2D eigenvalue weighted by Gasteiger charge is -2.22. The number of anilines is 2. The van der Waals surface area contributed by atoms with Crippen LogP contribution in [0.1, 0.15) is 22.8 Å². The summed E-state index contributed by atoms with van der Waals surface area (Å²) >= 11 is 1.35. The molecule has 7 heteroatoms. The Bertz CT molecular complexity index is 683. The van der Waals surface area contributed by atoms with Crippen LogP contribution in [0.4, 0.5) is 10.9 Å². The number of nitrogens with one attached hydrogen (secondary N) is 1. The summed E-state index contributed by atoms with van der Waals surface area (Å²) in [6.45, 7) is 0. The molecule has 0 unspecified atom stereocenters. The molecule has 0 saturated heterocycles. The highest BCUT2D eigenvalue weighted by Crippen LogP contribution is 2.43. The van der Waals surface area contributed by atoms with E-state index < -0.39 is 0 Å². The van der Waals surface area contributed by atoms with E-state index in [1.165, 1.54) is 18.4 Å². The monoisotopic (exact) mass is 291 g/mol. The minimum atomic E-state index is -0.148. The van der Waals surface area contributed by atoms with E-state index in [0.29, 0.717) is 23.1 Å². The average Bonchev–Trinajstić information content (AvgIpc) is 2.77. The molecule has 0 aliphatic carbocycles. The third-order valence-corrected chi connectivity index (χ3v) is 4.24. The minimum absolute atomic E-state index is 0.0509.